The van der Waals surface area contributed by atoms with E-state index in [1.54, 1.807) is 23.7 Å². The molecule has 5 aromatic heterocycles. The Morgan fingerprint density at radius 1 is 0.946 bits per heavy atom. The summed E-state index contributed by atoms with van der Waals surface area (Å²) in [5.74, 6) is 0.683. The molecular formula is C28H27N7OS. The summed E-state index contributed by atoms with van der Waals surface area (Å²) in [6.45, 7) is 8.04. The molecule has 0 aliphatic rings. The van der Waals surface area contributed by atoms with Crippen molar-refractivity contribution in [3.63, 3.8) is 0 Å². The number of nitrogens with zero attached hydrogens (tertiary/aromatic N) is 4. The Kier molecular flexibility index (Phi) is 5.54. The van der Waals surface area contributed by atoms with Crippen LogP contribution < -0.4 is 5.32 Å². The van der Waals surface area contributed by atoms with Gasteiger partial charge >= 0.3 is 0 Å². The van der Waals surface area contributed by atoms with Gasteiger partial charge in [-0.3, -0.25) is 15.1 Å². The quantitative estimate of drug-likeness (QED) is 0.201. The molecule has 0 aliphatic carbocycles. The van der Waals surface area contributed by atoms with Crippen LogP contribution >= 0.6 is 11.3 Å². The third-order valence-corrected chi connectivity index (χ3v) is 7.42. The van der Waals surface area contributed by atoms with Gasteiger partial charge in [0.15, 0.2) is 5.82 Å². The molecule has 6 aromatic rings. The highest BCUT2D eigenvalue weighted by molar-refractivity contribution is 7.15. The number of anilines is 1. The van der Waals surface area contributed by atoms with Crippen molar-refractivity contribution in [2.24, 2.45) is 5.41 Å². The Bertz CT molecular complexity index is 1740. The number of aryl methyl sites for hydroxylation is 1. The molecule has 4 N–H and O–H groups in total. The molecule has 0 bridgehead atoms. The molecule has 186 valence electrons. The number of imidazole rings is 1. The normalized spacial score (nSPS) is 12.9. The maximum Gasteiger partial charge on any atom is 0.159 e. The summed E-state index contributed by atoms with van der Waals surface area (Å²) in [6.07, 6.45) is 6.50. The van der Waals surface area contributed by atoms with Crippen molar-refractivity contribution in [2.75, 3.05) is 5.32 Å². The number of rotatable bonds is 5. The van der Waals surface area contributed by atoms with E-state index in [4.69, 9.17) is 4.98 Å². The Morgan fingerprint density at radius 3 is 2.57 bits per heavy atom. The van der Waals surface area contributed by atoms with Gasteiger partial charge in [0.1, 0.15) is 17.4 Å². The van der Waals surface area contributed by atoms with Crippen LogP contribution in [0.25, 0.3) is 55.0 Å². The Labute approximate surface area is 217 Å². The van der Waals surface area contributed by atoms with Gasteiger partial charge in [-0.15, -0.1) is 11.3 Å². The van der Waals surface area contributed by atoms with Crippen molar-refractivity contribution < 1.29 is 5.11 Å². The van der Waals surface area contributed by atoms with Gasteiger partial charge in [0, 0.05) is 44.1 Å². The lowest BCUT2D eigenvalue weighted by Crippen LogP contribution is -2.33. The molecule has 0 amide bonds. The van der Waals surface area contributed by atoms with E-state index in [0.29, 0.717) is 5.82 Å². The first-order valence-electron chi connectivity index (χ1n) is 12.1. The first-order chi connectivity index (χ1) is 17.8. The van der Waals surface area contributed by atoms with E-state index >= 15 is 0 Å². The van der Waals surface area contributed by atoms with Crippen LogP contribution in [0.2, 0.25) is 0 Å². The predicted octanol–water partition coefficient (Wildman–Crippen LogP) is 6.38. The van der Waals surface area contributed by atoms with Gasteiger partial charge in [-0.1, -0.05) is 26.8 Å². The number of aromatic amines is 2. The largest absolute Gasteiger partial charge is 0.373 e. The second-order valence-corrected chi connectivity index (χ2v) is 11.6. The minimum atomic E-state index is -0.696. The van der Waals surface area contributed by atoms with Crippen molar-refractivity contribution in [3.8, 4) is 33.1 Å². The minimum Gasteiger partial charge on any atom is -0.373 e. The molecule has 8 nitrogen and oxygen atoms in total. The third kappa shape index (κ3) is 4.36. The van der Waals surface area contributed by atoms with Gasteiger partial charge in [-0.05, 0) is 42.8 Å². The number of aliphatic hydroxyl groups is 1. The topological polar surface area (TPSA) is 115 Å². The molecule has 0 saturated heterocycles. The first-order valence-corrected chi connectivity index (χ1v) is 12.9. The Hall–Kier alpha value is -4.08. The fraction of sp³-hybridized carbons (Fsp3) is 0.214. The number of nitrogens with one attached hydrogen (secondary N) is 3. The van der Waals surface area contributed by atoms with E-state index in [1.165, 1.54) is 4.88 Å². The molecule has 0 aliphatic heterocycles. The molecule has 1 unspecified atom stereocenters. The second-order valence-electron chi connectivity index (χ2n) is 10.3. The summed E-state index contributed by atoms with van der Waals surface area (Å²) in [6, 6.07) is 12.3. The number of thiophene rings is 1. The lowest BCUT2D eigenvalue weighted by atomic mass is 9.94. The minimum absolute atomic E-state index is 0.301. The fourth-order valence-electron chi connectivity index (χ4n) is 4.23. The van der Waals surface area contributed by atoms with Gasteiger partial charge in [-0.25, -0.2) is 4.98 Å². The number of pyridine rings is 2. The molecule has 1 aromatic carbocycles. The van der Waals surface area contributed by atoms with Gasteiger partial charge in [0.25, 0.3) is 0 Å². The van der Waals surface area contributed by atoms with Crippen molar-refractivity contribution >= 4 is 39.0 Å². The van der Waals surface area contributed by atoms with Crippen molar-refractivity contribution in [1.82, 2.24) is 30.1 Å². The average molecular weight is 510 g/mol. The van der Waals surface area contributed by atoms with Gasteiger partial charge in [-0.2, -0.15) is 5.10 Å². The molecular weight excluding hydrogens is 482 g/mol. The molecule has 0 fully saturated rings. The summed E-state index contributed by atoms with van der Waals surface area (Å²) >= 11 is 1.73. The Morgan fingerprint density at radius 2 is 1.78 bits per heavy atom. The third-order valence-electron chi connectivity index (χ3n) is 6.38. The highest BCUT2D eigenvalue weighted by atomic mass is 32.1. The smallest absolute Gasteiger partial charge is 0.159 e. The van der Waals surface area contributed by atoms with Crippen molar-refractivity contribution in [3.05, 3.63) is 66.1 Å². The molecule has 9 heteroatoms. The number of hydrogen-bond donors (Lipinski definition) is 4. The predicted molar refractivity (Wildman–Crippen MR) is 149 cm³/mol. The fourth-order valence-corrected chi connectivity index (χ4v) is 5.11. The van der Waals surface area contributed by atoms with Crippen LogP contribution in [-0.4, -0.2) is 41.5 Å². The zero-order valence-electron chi connectivity index (χ0n) is 21.0. The zero-order chi connectivity index (χ0) is 25.7. The van der Waals surface area contributed by atoms with Crippen molar-refractivity contribution in [1.29, 1.82) is 0 Å². The molecule has 0 radical (unpaired) electrons. The molecule has 1 atom stereocenters. The van der Waals surface area contributed by atoms with E-state index in [-0.39, 0.29) is 5.41 Å². The van der Waals surface area contributed by atoms with E-state index in [9.17, 15) is 5.11 Å². The summed E-state index contributed by atoms with van der Waals surface area (Å²) in [5.41, 5.74) is 6.79. The monoisotopic (exact) mass is 509 g/mol. The van der Waals surface area contributed by atoms with E-state index in [1.807, 2.05) is 51.4 Å². The van der Waals surface area contributed by atoms with Crippen LogP contribution in [-0.2, 0) is 0 Å². The number of H-pyrrole nitrogens is 2. The van der Waals surface area contributed by atoms with Gasteiger partial charge in [0.2, 0.25) is 0 Å². The lowest BCUT2D eigenvalue weighted by molar-refractivity contribution is 0.0880. The second kappa shape index (κ2) is 8.79. The SMILES string of the molecule is Cc1ccc(-c2cncc3[nH]c(-c4n[nH]c5ccc(-c6cncc(NC(O)C(C)(C)C)c6)cc45)nc23)s1. The van der Waals surface area contributed by atoms with Crippen molar-refractivity contribution in [2.45, 2.75) is 33.9 Å². The number of benzene rings is 1. The van der Waals surface area contributed by atoms with Crippen LogP contribution in [0.1, 0.15) is 25.6 Å². The molecule has 0 spiro atoms. The summed E-state index contributed by atoms with van der Waals surface area (Å²) in [7, 11) is 0. The van der Waals surface area contributed by atoms with Crippen LogP contribution in [0.3, 0.4) is 0 Å². The standard InChI is InChI=1S/C28H27N7OS/c1-15-5-8-23(37-15)20-13-30-14-22-24(20)33-26(32-22)25-19-10-16(6-7-21(19)34-35-25)17-9-18(12-29-11-17)31-27(36)28(2,3)4/h5-14,27,31,36H,1-4H3,(H,32,33)(H,34,35). The summed E-state index contributed by atoms with van der Waals surface area (Å²) in [5, 5.41) is 22.3. The first kappa shape index (κ1) is 23.3. The number of aliphatic hydroxyl groups excluding tert-OH is 1. The van der Waals surface area contributed by atoms with Crippen LogP contribution in [0.15, 0.2) is 61.2 Å². The number of fused-ring (bicyclic) bond motifs is 2. The van der Waals surface area contributed by atoms with E-state index in [0.717, 1.165) is 54.9 Å². The lowest BCUT2D eigenvalue weighted by Gasteiger charge is -2.27. The van der Waals surface area contributed by atoms with E-state index in [2.05, 4.69) is 55.6 Å². The van der Waals surface area contributed by atoms with E-state index < -0.39 is 6.23 Å². The molecule has 0 saturated carbocycles. The zero-order valence-corrected chi connectivity index (χ0v) is 21.8. The van der Waals surface area contributed by atoms with Crippen LogP contribution in [0.4, 0.5) is 5.69 Å². The highest BCUT2D eigenvalue weighted by Gasteiger charge is 2.22. The summed E-state index contributed by atoms with van der Waals surface area (Å²) < 4.78 is 0. The number of hydrogen-bond acceptors (Lipinski definition) is 7. The summed E-state index contributed by atoms with van der Waals surface area (Å²) in [4.78, 5) is 19.6. The highest BCUT2D eigenvalue weighted by Crippen LogP contribution is 2.35. The molecule has 5 heterocycles. The number of aromatic nitrogens is 6. The van der Waals surface area contributed by atoms with Crippen LogP contribution in [0, 0.1) is 12.3 Å². The Balaban J connectivity index is 1.39. The maximum absolute atomic E-state index is 10.5. The molecule has 37 heavy (non-hydrogen) atoms. The van der Waals surface area contributed by atoms with Gasteiger partial charge in [0.05, 0.1) is 29.1 Å². The van der Waals surface area contributed by atoms with Gasteiger partial charge < -0.3 is 15.4 Å². The molecule has 6 rings (SSSR count). The van der Waals surface area contributed by atoms with Crippen LogP contribution in [0.5, 0.6) is 0 Å². The maximum atomic E-state index is 10.5. The average Bonchev–Trinajstić information content (AvgIpc) is 3.60.